The molecule has 1 atom stereocenters. The van der Waals surface area contributed by atoms with Gasteiger partial charge in [-0.2, -0.15) is 0 Å². The minimum Gasteiger partial charge on any atom is -0.490 e. The van der Waals surface area contributed by atoms with Crippen LogP contribution in [0.15, 0.2) is 18.2 Å². The van der Waals surface area contributed by atoms with Gasteiger partial charge in [0.2, 0.25) is 0 Å². The third-order valence-corrected chi connectivity index (χ3v) is 4.37. The second-order valence-corrected chi connectivity index (χ2v) is 5.98. The molecule has 1 aromatic carbocycles. The summed E-state index contributed by atoms with van der Waals surface area (Å²) in [6.07, 6.45) is 1.06. The molecule has 0 spiro atoms. The third-order valence-electron chi connectivity index (χ3n) is 4.37. The van der Waals surface area contributed by atoms with Gasteiger partial charge in [-0.15, -0.1) is 0 Å². The first-order valence-electron chi connectivity index (χ1n) is 6.21. The van der Waals surface area contributed by atoms with Gasteiger partial charge in [0.05, 0.1) is 12.2 Å². The normalized spacial score (nSPS) is 29.5. The average Bonchev–Trinajstić information content (AvgIpc) is 2.80. The average molecular weight is 232 g/mol. The van der Waals surface area contributed by atoms with E-state index in [0.29, 0.717) is 0 Å². The predicted octanol–water partition coefficient (Wildman–Crippen LogP) is 2.10. The van der Waals surface area contributed by atoms with E-state index in [0.717, 1.165) is 25.3 Å². The molecule has 1 unspecified atom stereocenters. The van der Waals surface area contributed by atoms with E-state index in [1.165, 1.54) is 11.3 Å². The first kappa shape index (κ1) is 10.9. The summed E-state index contributed by atoms with van der Waals surface area (Å²) >= 11 is 0. The molecular formula is C14H20N2O. The molecule has 2 N–H and O–H groups in total. The standard InChI is InChI=1S/C14H20N2O/c1-13(2)9-14(13,15)10-4-5-12-11(8-10)16(3)6-7-17-12/h4-5,8H,6-7,9,15H2,1-3H3. The van der Waals surface area contributed by atoms with Crippen LogP contribution in [0.2, 0.25) is 0 Å². The second-order valence-electron chi connectivity index (χ2n) is 5.98. The van der Waals surface area contributed by atoms with Gasteiger partial charge in [-0.1, -0.05) is 19.9 Å². The fraction of sp³-hybridized carbons (Fsp3) is 0.571. The number of hydrogen-bond acceptors (Lipinski definition) is 3. The fourth-order valence-corrected chi connectivity index (χ4v) is 2.77. The quantitative estimate of drug-likeness (QED) is 0.806. The van der Waals surface area contributed by atoms with Gasteiger partial charge < -0.3 is 15.4 Å². The van der Waals surface area contributed by atoms with Crippen molar-refractivity contribution in [1.29, 1.82) is 0 Å². The lowest BCUT2D eigenvalue weighted by molar-refractivity contribution is 0.311. The Balaban J connectivity index is 2.02. The van der Waals surface area contributed by atoms with E-state index >= 15 is 0 Å². The number of rotatable bonds is 1. The highest BCUT2D eigenvalue weighted by atomic mass is 16.5. The van der Waals surface area contributed by atoms with Crippen LogP contribution in [0, 0.1) is 5.41 Å². The Bertz CT molecular complexity index is 469. The molecule has 0 amide bonds. The minimum atomic E-state index is -0.152. The van der Waals surface area contributed by atoms with Crippen molar-refractivity contribution in [2.45, 2.75) is 25.8 Å². The summed E-state index contributed by atoms with van der Waals surface area (Å²) in [4.78, 5) is 2.24. The third kappa shape index (κ3) is 1.45. The summed E-state index contributed by atoms with van der Waals surface area (Å²) in [7, 11) is 2.10. The Morgan fingerprint density at radius 2 is 2.06 bits per heavy atom. The predicted molar refractivity (Wildman–Crippen MR) is 69.5 cm³/mol. The van der Waals surface area contributed by atoms with Crippen LogP contribution in [0.5, 0.6) is 5.75 Å². The summed E-state index contributed by atoms with van der Waals surface area (Å²) in [6, 6.07) is 6.37. The second kappa shape index (κ2) is 3.16. The van der Waals surface area contributed by atoms with Crippen LogP contribution in [0.4, 0.5) is 5.69 Å². The molecule has 92 valence electrons. The summed E-state index contributed by atoms with van der Waals surface area (Å²) in [5.41, 5.74) is 8.93. The fourth-order valence-electron chi connectivity index (χ4n) is 2.77. The van der Waals surface area contributed by atoms with Crippen LogP contribution in [-0.4, -0.2) is 20.2 Å². The number of ether oxygens (including phenoxy) is 1. The molecule has 0 radical (unpaired) electrons. The lowest BCUT2D eigenvalue weighted by atomic mass is 9.96. The number of fused-ring (bicyclic) bond motifs is 1. The van der Waals surface area contributed by atoms with Crippen molar-refractivity contribution < 1.29 is 4.74 Å². The number of nitrogens with two attached hydrogens (primary N) is 1. The largest absolute Gasteiger partial charge is 0.490 e. The van der Waals surface area contributed by atoms with Gasteiger partial charge in [-0.25, -0.2) is 0 Å². The maximum absolute atomic E-state index is 6.46. The summed E-state index contributed by atoms with van der Waals surface area (Å²) in [5, 5.41) is 0. The molecular weight excluding hydrogens is 212 g/mol. The molecule has 0 saturated heterocycles. The SMILES string of the molecule is CN1CCOc2ccc(C3(N)CC3(C)C)cc21. The molecule has 0 aromatic heterocycles. The summed E-state index contributed by atoms with van der Waals surface area (Å²) in [6.45, 7) is 6.17. The van der Waals surface area contributed by atoms with E-state index in [4.69, 9.17) is 10.5 Å². The van der Waals surface area contributed by atoms with Crippen molar-refractivity contribution in [3.63, 3.8) is 0 Å². The van der Waals surface area contributed by atoms with Gasteiger partial charge in [-0.05, 0) is 29.5 Å². The van der Waals surface area contributed by atoms with E-state index < -0.39 is 0 Å². The van der Waals surface area contributed by atoms with Crippen molar-refractivity contribution in [3.8, 4) is 5.75 Å². The topological polar surface area (TPSA) is 38.5 Å². The molecule has 2 aliphatic rings. The first-order chi connectivity index (χ1) is 7.94. The van der Waals surface area contributed by atoms with Crippen molar-refractivity contribution >= 4 is 5.69 Å². The molecule has 1 fully saturated rings. The zero-order valence-electron chi connectivity index (χ0n) is 10.8. The van der Waals surface area contributed by atoms with Crippen molar-refractivity contribution in [2.75, 3.05) is 25.1 Å². The van der Waals surface area contributed by atoms with Crippen LogP contribution < -0.4 is 15.4 Å². The zero-order chi connectivity index (χ0) is 12.3. The molecule has 1 aromatic rings. The Morgan fingerprint density at radius 3 is 2.71 bits per heavy atom. The summed E-state index contributed by atoms with van der Waals surface area (Å²) < 4.78 is 5.65. The smallest absolute Gasteiger partial charge is 0.142 e. The van der Waals surface area contributed by atoms with Crippen LogP contribution >= 0.6 is 0 Å². The van der Waals surface area contributed by atoms with Crippen LogP contribution in [0.3, 0.4) is 0 Å². The molecule has 1 saturated carbocycles. The van der Waals surface area contributed by atoms with Gasteiger partial charge in [-0.3, -0.25) is 0 Å². The monoisotopic (exact) mass is 232 g/mol. The van der Waals surface area contributed by atoms with E-state index in [-0.39, 0.29) is 11.0 Å². The Kier molecular flexibility index (Phi) is 2.03. The van der Waals surface area contributed by atoms with Crippen molar-refractivity contribution in [2.24, 2.45) is 11.1 Å². The highest BCUT2D eigenvalue weighted by Gasteiger charge is 2.59. The molecule has 3 rings (SSSR count). The van der Waals surface area contributed by atoms with Gasteiger partial charge >= 0.3 is 0 Å². The summed E-state index contributed by atoms with van der Waals surface area (Å²) in [5.74, 6) is 0.976. The van der Waals surface area contributed by atoms with Crippen LogP contribution in [0.1, 0.15) is 25.8 Å². The molecule has 3 heteroatoms. The van der Waals surface area contributed by atoms with Gasteiger partial charge in [0, 0.05) is 12.6 Å². The van der Waals surface area contributed by atoms with E-state index in [9.17, 15) is 0 Å². The number of hydrogen-bond donors (Lipinski definition) is 1. The number of nitrogens with zero attached hydrogens (tertiary/aromatic N) is 1. The van der Waals surface area contributed by atoms with Gasteiger partial charge in [0.15, 0.2) is 0 Å². The Hall–Kier alpha value is -1.22. The molecule has 1 heterocycles. The van der Waals surface area contributed by atoms with Crippen molar-refractivity contribution in [3.05, 3.63) is 23.8 Å². The minimum absolute atomic E-state index is 0.152. The molecule has 1 aliphatic heterocycles. The van der Waals surface area contributed by atoms with E-state index in [1.54, 1.807) is 0 Å². The van der Waals surface area contributed by atoms with Crippen LogP contribution in [0.25, 0.3) is 0 Å². The maximum atomic E-state index is 6.46. The number of anilines is 1. The maximum Gasteiger partial charge on any atom is 0.142 e. The lowest BCUT2D eigenvalue weighted by Crippen LogP contribution is -2.30. The lowest BCUT2D eigenvalue weighted by Gasteiger charge is -2.29. The first-order valence-corrected chi connectivity index (χ1v) is 6.21. The highest BCUT2D eigenvalue weighted by molar-refractivity contribution is 5.62. The van der Waals surface area contributed by atoms with Gasteiger partial charge in [0.1, 0.15) is 12.4 Å². The molecule has 0 bridgehead atoms. The van der Waals surface area contributed by atoms with Crippen molar-refractivity contribution in [1.82, 2.24) is 0 Å². The number of likely N-dealkylation sites (N-methyl/N-ethyl adjacent to an activating group) is 1. The molecule has 3 nitrogen and oxygen atoms in total. The number of benzene rings is 1. The highest BCUT2D eigenvalue weighted by Crippen LogP contribution is 2.60. The van der Waals surface area contributed by atoms with E-state index in [2.05, 4.69) is 44.0 Å². The zero-order valence-corrected chi connectivity index (χ0v) is 10.8. The Morgan fingerprint density at radius 1 is 1.35 bits per heavy atom. The van der Waals surface area contributed by atoms with E-state index in [1.807, 2.05) is 0 Å². The molecule has 1 aliphatic carbocycles. The Labute approximate surface area is 103 Å². The molecule has 17 heavy (non-hydrogen) atoms. The van der Waals surface area contributed by atoms with Crippen LogP contribution in [-0.2, 0) is 5.54 Å². The van der Waals surface area contributed by atoms with Gasteiger partial charge in [0.25, 0.3) is 0 Å².